The molecule has 34 heavy (non-hydrogen) atoms. The molecule has 0 amide bonds. The van der Waals surface area contributed by atoms with E-state index in [0.717, 1.165) is 63.9 Å². The fraction of sp³-hybridized carbons (Fsp3) is 0.556. The molecule has 0 atom stereocenters. The van der Waals surface area contributed by atoms with Crippen LogP contribution in [0.4, 0.5) is 0 Å². The van der Waals surface area contributed by atoms with E-state index in [0.29, 0.717) is 29.0 Å². The molecular formula is C27H35Cl2NO4. The molecule has 1 N–H and O–H groups in total. The zero-order chi connectivity index (χ0) is 24.0. The quantitative estimate of drug-likeness (QED) is 0.442. The Labute approximate surface area is 212 Å². The smallest absolute Gasteiger partial charge is 0.121 e. The lowest BCUT2D eigenvalue weighted by Gasteiger charge is -2.40. The van der Waals surface area contributed by atoms with E-state index in [1.54, 1.807) is 19.2 Å². The maximum atomic E-state index is 10.6. The third kappa shape index (κ3) is 6.79. The van der Waals surface area contributed by atoms with Crippen molar-refractivity contribution in [2.75, 3.05) is 33.4 Å². The molecule has 7 heteroatoms. The van der Waals surface area contributed by atoms with E-state index in [-0.39, 0.29) is 5.60 Å². The van der Waals surface area contributed by atoms with E-state index in [9.17, 15) is 5.11 Å². The third-order valence-corrected chi connectivity index (χ3v) is 7.95. The van der Waals surface area contributed by atoms with Gasteiger partial charge >= 0.3 is 0 Å². The van der Waals surface area contributed by atoms with Gasteiger partial charge in [-0.2, -0.15) is 0 Å². The first-order valence-electron chi connectivity index (χ1n) is 12.2. The highest BCUT2D eigenvalue weighted by Gasteiger charge is 2.35. The molecule has 186 valence electrons. The first-order valence-corrected chi connectivity index (χ1v) is 12.9. The van der Waals surface area contributed by atoms with Crippen LogP contribution in [0.25, 0.3) is 0 Å². The van der Waals surface area contributed by atoms with Gasteiger partial charge in [0.05, 0.1) is 15.6 Å². The lowest BCUT2D eigenvalue weighted by Crippen LogP contribution is -2.48. The minimum atomic E-state index is -0.665. The maximum absolute atomic E-state index is 10.6. The lowest BCUT2D eigenvalue weighted by molar-refractivity contribution is -0.0839. The number of hydrogen-bond acceptors (Lipinski definition) is 5. The van der Waals surface area contributed by atoms with E-state index < -0.39 is 5.60 Å². The molecule has 2 fully saturated rings. The predicted molar refractivity (Wildman–Crippen MR) is 136 cm³/mol. The fourth-order valence-corrected chi connectivity index (χ4v) is 5.12. The van der Waals surface area contributed by atoms with Crippen molar-refractivity contribution >= 4 is 23.2 Å². The van der Waals surface area contributed by atoms with Gasteiger partial charge in [0.1, 0.15) is 30.3 Å². The van der Waals surface area contributed by atoms with E-state index in [2.05, 4.69) is 17.0 Å². The van der Waals surface area contributed by atoms with Gasteiger partial charge in [-0.3, -0.25) is 4.90 Å². The Morgan fingerprint density at radius 2 is 1.47 bits per heavy atom. The first-order chi connectivity index (χ1) is 16.4. The molecule has 0 radical (unpaired) electrons. The van der Waals surface area contributed by atoms with Crippen LogP contribution in [0.3, 0.4) is 0 Å². The normalized spacial score (nSPS) is 20.1. The third-order valence-electron chi connectivity index (χ3n) is 7.21. The Hall–Kier alpha value is -1.50. The number of ether oxygens (including phenoxy) is 3. The van der Waals surface area contributed by atoms with Crippen molar-refractivity contribution in [1.29, 1.82) is 0 Å². The zero-order valence-electron chi connectivity index (χ0n) is 19.9. The van der Waals surface area contributed by atoms with Crippen LogP contribution in [0.15, 0.2) is 42.5 Å². The molecule has 1 saturated heterocycles. The van der Waals surface area contributed by atoms with E-state index in [1.165, 1.54) is 12.0 Å². The SMILES string of the molecule is COC1(COc2ccc(Cl)c(Cl)c2)CCN(Cc2ccc(OCC3(O)CCCCC3)cc2)CC1. The molecular weight excluding hydrogens is 473 g/mol. The van der Waals surface area contributed by atoms with Crippen LogP contribution in [0.2, 0.25) is 10.0 Å². The second-order valence-electron chi connectivity index (χ2n) is 9.75. The maximum Gasteiger partial charge on any atom is 0.121 e. The van der Waals surface area contributed by atoms with Gasteiger partial charge in [-0.1, -0.05) is 54.6 Å². The summed E-state index contributed by atoms with van der Waals surface area (Å²) in [5, 5.41) is 11.6. The van der Waals surface area contributed by atoms with Crippen molar-refractivity contribution in [3.8, 4) is 11.5 Å². The molecule has 5 nitrogen and oxygen atoms in total. The van der Waals surface area contributed by atoms with Crippen molar-refractivity contribution in [2.24, 2.45) is 0 Å². The summed E-state index contributed by atoms with van der Waals surface area (Å²) < 4.78 is 17.8. The summed E-state index contributed by atoms with van der Waals surface area (Å²) in [6.45, 7) is 3.61. The molecule has 1 heterocycles. The van der Waals surface area contributed by atoms with Gasteiger partial charge in [-0.25, -0.2) is 0 Å². The summed E-state index contributed by atoms with van der Waals surface area (Å²) in [6.07, 6.45) is 6.84. The van der Waals surface area contributed by atoms with E-state index in [4.69, 9.17) is 37.4 Å². The molecule has 4 rings (SSSR count). The number of nitrogens with zero attached hydrogens (tertiary/aromatic N) is 1. The van der Waals surface area contributed by atoms with E-state index in [1.807, 2.05) is 18.2 Å². The molecule has 1 saturated carbocycles. The highest BCUT2D eigenvalue weighted by Crippen LogP contribution is 2.31. The minimum absolute atomic E-state index is 0.306. The minimum Gasteiger partial charge on any atom is -0.491 e. The van der Waals surface area contributed by atoms with Gasteiger partial charge in [0.15, 0.2) is 0 Å². The van der Waals surface area contributed by atoms with Gasteiger partial charge in [0.2, 0.25) is 0 Å². The standard InChI is InChI=1S/C27H35Cl2NO4/c1-32-27(20-34-23-9-10-24(28)25(29)17-23)13-15-30(16-14-27)18-21-5-7-22(8-6-21)33-19-26(31)11-3-2-4-12-26/h5-10,17,31H,2-4,11-16,18-20H2,1H3. The average Bonchev–Trinajstić information content (AvgIpc) is 2.86. The Bertz CT molecular complexity index is 923. The van der Waals surface area contributed by atoms with Crippen molar-refractivity contribution in [2.45, 2.75) is 62.7 Å². The molecule has 1 aliphatic carbocycles. The average molecular weight is 508 g/mol. The largest absolute Gasteiger partial charge is 0.491 e. The molecule has 0 bridgehead atoms. The molecule has 0 spiro atoms. The van der Waals surface area contributed by atoms with Crippen LogP contribution in [-0.4, -0.2) is 54.6 Å². The topological polar surface area (TPSA) is 51.2 Å². The zero-order valence-corrected chi connectivity index (χ0v) is 21.4. The lowest BCUT2D eigenvalue weighted by atomic mass is 9.85. The Balaban J connectivity index is 1.23. The van der Waals surface area contributed by atoms with Crippen LogP contribution in [0.5, 0.6) is 11.5 Å². The van der Waals surface area contributed by atoms with Crippen molar-refractivity contribution in [3.63, 3.8) is 0 Å². The van der Waals surface area contributed by atoms with Crippen LogP contribution >= 0.6 is 23.2 Å². The van der Waals surface area contributed by atoms with Gasteiger partial charge < -0.3 is 19.3 Å². The van der Waals surface area contributed by atoms with Crippen LogP contribution in [0, 0.1) is 0 Å². The van der Waals surface area contributed by atoms with Crippen LogP contribution < -0.4 is 9.47 Å². The van der Waals surface area contributed by atoms with Crippen molar-refractivity contribution in [1.82, 2.24) is 4.90 Å². The highest BCUT2D eigenvalue weighted by molar-refractivity contribution is 6.42. The van der Waals surface area contributed by atoms with Gasteiger partial charge in [-0.15, -0.1) is 0 Å². The van der Waals surface area contributed by atoms with Crippen molar-refractivity contribution < 1.29 is 19.3 Å². The Morgan fingerprint density at radius 1 is 0.824 bits per heavy atom. The first kappa shape index (κ1) is 25.6. The Kier molecular flexibility index (Phi) is 8.65. The molecule has 2 aromatic rings. The molecule has 2 aliphatic rings. The van der Waals surface area contributed by atoms with Crippen LogP contribution in [0.1, 0.15) is 50.5 Å². The summed E-state index contributed by atoms with van der Waals surface area (Å²) in [5.74, 6) is 1.52. The van der Waals surface area contributed by atoms with Gasteiger partial charge in [0, 0.05) is 32.8 Å². The van der Waals surface area contributed by atoms with Gasteiger partial charge in [0.25, 0.3) is 0 Å². The number of benzene rings is 2. The number of likely N-dealkylation sites (tertiary alicyclic amines) is 1. The second-order valence-corrected chi connectivity index (χ2v) is 10.6. The summed E-state index contributed by atoms with van der Waals surface area (Å²) in [4.78, 5) is 2.44. The fourth-order valence-electron chi connectivity index (χ4n) is 4.83. The number of piperidine rings is 1. The number of aliphatic hydroxyl groups is 1. The second kappa shape index (κ2) is 11.5. The molecule has 0 aromatic heterocycles. The van der Waals surface area contributed by atoms with Gasteiger partial charge in [-0.05, 0) is 55.5 Å². The predicted octanol–water partition coefficient (Wildman–Crippen LogP) is 6.13. The summed E-state index contributed by atoms with van der Waals surface area (Å²) in [7, 11) is 1.76. The number of hydrogen-bond donors (Lipinski definition) is 1. The molecule has 0 unspecified atom stereocenters. The van der Waals surface area contributed by atoms with Crippen LogP contribution in [-0.2, 0) is 11.3 Å². The van der Waals surface area contributed by atoms with E-state index >= 15 is 0 Å². The summed E-state index contributed by atoms with van der Waals surface area (Å²) >= 11 is 12.1. The monoisotopic (exact) mass is 507 g/mol. The highest BCUT2D eigenvalue weighted by atomic mass is 35.5. The summed E-state index contributed by atoms with van der Waals surface area (Å²) in [6, 6.07) is 13.6. The number of methoxy groups -OCH3 is 1. The van der Waals surface area contributed by atoms with Crippen molar-refractivity contribution in [3.05, 3.63) is 58.1 Å². The molecule has 1 aliphatic heterocycles. The number of halogens is 2. The number of rotatable bonds is 9. The Morgan fingerprint density at radius 3 is 2.12 bits per heavy atom. The summed E-state index contributed by atoms with van der Waals surface area (Å²) in [5.41, 5.74) is 0.280. The molecule has 2 aromatic carbocycles.